The number of carbonyl (C=O) groups excluding carboxylic acids is 1. The highest BCUT2D eigenvalue weighted by molar-refractivity contribution is 7.13. The van der Waals surface area contributed by atoms with Crippen molar-refractivity contribution in [2.45, 2.75) is 6.61 Å². The number of aromatic nitrogens is 1. The number of hydrogen-bond acceptors (Lipinski definition) is 6. The van der Waals surface area contributed by atoms with Crippen LogP contribution < -0.4 is 5.32 Å². The highest BCUT2D eigenvalue weighted by Crippen LogP contribution is 2.17. The summed E-state index contributed by atoms with van der Waals surface area (Å²) >= 11 is 1.27. The van der Waals surface area contributed by atoms with Crippen LogP contribution in [0.15, 0.2) is 36.2 Å². The molecule has 0 radical (unpaired) electrons. The number of carbonyl (C=O) groups is 1. The molecule has 1 N–H and O–H groups in total. The minimum atomic E-state index is -0.633. The molecule has 0 saturated carbocycles. The van der Waals surface area contributed by atoms with Gasteiger partial charge in [0, 0.05) is 17.5 Å². The van der Waals surface area contributed by atoms with E-state index in [1.54, 1.807) is 11.5 Å². The van der Waals surface area contributed by atoms with Gasteiger partial charge in [0.1, 0.15) is 12.4 Å². The number of rotatable bonds is 6. The van der Waals surface area contributed by atoms with Crippen LogP contribution in [0.1, 0.15) is 21.6 Å². The Morgan fingerprint density at radius 3 is 3.09 bits per heavy atom. The molecule has 1 aromatic heterocycles. The van der Waals surface area contributed by atoms with Crippen molar-refractivity contribution in [2.75, 3.05) is 11.9 Å². The van der Waals surface area contributed by atoms with E-state index in [2.05, 4.69) is 16.9 Å². The number of nitrogens with zero attached hydrogens (tertiary/aromatic N) is 2. The minimum absolute atomic E-state index is 0.158. The van der Waals surface area contributed by atoms with Gasteiger partial charge in [-0.1, -0.05) is 12.1 Å². The van der Waals surface area contributed by atoms with Crippen LogP contribution in [0.25, 0.3) is 0 Å². The molecule has 112 valence electrons. The Morgan fingerprint density at radius 2 is 2.41 bits per heavy atom. The summed E-state index contributed by atoms with van der Waals surface area (Å²) < 4.78 is 18.7. The van der Waals surface area contributed by atoms with Gasteiger partial charge < -0.3 is 10.1 Å². The van der Waals surface area contributed by atoms with Gasteiger partial charge in [0.25, 0.3) is 0 Å². The van der Waals surface area contributed by atoms with Crippen molar-refractivity contribution in [3.05, 3.63) is 58.9 Å². The van der Waals surface area contributed by atoms with E-state index in [0.717, 1.165) is 6.07 Å². The topological polar surface area (TPSA) is 75.0 Å². The van der Waals surface area contributed by atoms with Crippen molar-refractivity contribution in [3.8, 4) is 6.07 Å². The molecule has 0 bridgehead atoms. The molecular weight excluding hydrogens is 305 g/mol. The van der Waals surface area contributed by atoms with Gasteiger partial charge >= 0.3 is 5.97 Å². The number of ether oxygens (including phenoxy) is 1. The van der Waals surface area contributed by atoms with Crippen molar-refractivity contribution < 1.29 is 13.9 Å². The van der Waals surface area contributed by atoms with Crippen LogP contribution in [0.4, 0.5) is 9.52 Å². The van der Waals surface area contributed by atoms with Gasteiger partial charge in [0.15, 0.2) is 10.8 Å². The lowest BCUT2D eigenvalue weighted by Gasteiger charge is -2.04. The number of thiazole rings is 1. The molecule has 0 spiro atoms. The van der Waals surface area contributed by atoms with Crippen LogP contribution in [0.5, 0.6) is 0 Å². The summed E-state index contributed by atoms with van der Waals surface area (Å²) in [6.45, 7) is 3.89. The Labute approximate surface area is 130 Å². The Hall–Kier alpha value is -2.72. The number of halogens is 1. The fourth-order valence-electron chi connectivity index (χ4n) is 1.56. The molecule has 0 saturated heterocycles. The lowest BCUT2D eigenvalue weighted by atomic mass is 10.1. The summed E-state index contributed by atoms with van der Waals surface area (Å²) in [6.07, 6.45) is 1.67. The number of nitriles is 1. The molecule has 0 aliphatic carbocycles. The van der Waals surface area contributed by atoms with E-state index >= 15 is 0 Å². The molecule has 1 aromatic carbocycles. The SMILES string of the molecule is C=CCNc1nc(C(=O)OCc2ccc(C#N)cc2F)cs1. The highest BCUT2D eigenvalue weighted by atomic mass is 32.1. The molecule has 1 heterocycles. The molecule has 0 aliphatic heterocycles. The molecule has 22 heavy (non-hydrogen) atoms. The molecule has 0 unspecified atom stereocenters. The second kappa shape index (κ2) is 7.33. The first kappa shape index (κ1) is 15.7. The van der Waals surface area contributed by atoms with Crippen molar-refractivity contribution in [1.29, 1.82) is 5.26 Å². The summed E-state index contributed by atoms with van der Waals surface area (Å²) in [7, 11) is 0. The predicted octanol–water partition coefficient (Wildman–Crippen LogP) is 3.11. The lowest BCUT2D eigenvalue weighted by Crippen LogP contribution is -2.07. The lowest BCUT2D eigenvalue weighted by molar-refractivity contribution is 0.0463. The van der Waals surface area contributed by atoms with Crippen LogP contribution in [0.2, 0.25) is 0 Å². The van der Waals surface area contributed by atoms with Crippen molar-refractivity contribution in [3.63, 3.8) is 0 Å². The van der Waals surface area contributed by atoms with Gasteiger partial charge in [-0.3, -0.25) is 0 Å². The van der Waals surface area contributed by atoms with Crippen LogP contribution in [-0.4, -0.2) is 17.5 Å². The van der Waals surface area contributed by atoms with E-state index in [-0.39, 0.29) is 23.4 Å². The van der Waals surface area contributed by atoms with Gasteiger partial charge in [-0.15, -0.1) is 17.9 Å². The second-order valence-electron chi connectivity index (χ2n) is 4.20. The zero-order valence-electron chi connectivity index (χ0n) is 11.5. The van der Waals surface area contributed by atoms with Gasteiger partial charge in [0.2, 0.25) is 0 Å². The fraction of sp³-hybridized carbons (Fsp3) is 0.133. The summed E-state index contributed by atoms with van der Waals surface area (Å²) in [6, 6.07) is 5.82. The van der Waals surface area contributed by atoms with Crippen LogP contribution >= 0.6 is 11.3 Å². The van der Waals surface area contributed by atoms with E-state index in [4.69, 9.17) is 10.00 Å². The Morgan fingerprint density at radius 1 is 1.59 bits per heavy atom. The first-order chi connectivity index (χ1) is 10.6. The maximum atomic E-state index is 13.7. The van der Waals surface area contributed by atoms with E-state index in [0.29, 0.717) is 11.7 Å². The zero-order chi connectivity index (χ0) is 15.9. The number of nitrogens with one attached hydrogen (secondary N) is 1. The minimum Gasteiger partial charge on any atom is -0.456 e. The second-order valence-corrected chi connectivity index (χ2v) is 5.06. The van der Waals surface area contributed by atoms with Crippen LogP contribution in [-0.2, 0) is 11.3 Å². The van der Waals surface area contributed by atoms with E-state index in [9.17, 15) is 9.18 Å². The normalized spacial score (nSPS) is 9.82. The third-order valence-corrected chi connectivity index (χ3v) is 3.45. The summed E-state index contributed by atoms with van der Waals surface area (Å²) in [4.78, 5) is 15.9. The number of benzene rings is 1. The molecule has 2 aromatic rings. The van der Waals surface area contributed by atoms with Gasteiger partial charge in [-0.05, 0) is 12.1 Å². The molecule has 5 nitrogen and oxygen atoms in total. The average Bonchev–Trinajstić information content (AvgIpc) is 3.00. The Bertz CT molecular complexity index is 737. The Kier molecular flexibility index (Phi) is 5.22. The van der Waals surface area contributed by atoms with Crippen molar-refractivity contribution in [2.24, 2.45) is 0 Å². The van der Waals surface area contributed by atoms with E-state index in [1.165, 1.54) is 23.5 Å². The molecule has 2 rings (SSSR count). The van der Waals surface area contributed by atoms with E-state index in [1.807, 2.05) is 6.07 Å². The van der Waals surface area contributed by atoms with Crippen molar-refractivity contribution >= 4 is 22.4 Å². The summed E-state index contributed by atoms with van der Waals surface area (Å²) in [5, 5.41) is 13.8. The van der Waals surface area contributed by atoms with E-state index < -0.39 is 11.8 Å². The summed E-state index contributed by atoms with van der Waals surface area (Å²) in [5.41, 5.74) is 0.572. The maximum absolute atomic E-state index is 13.7. The van der Waals surface area contributed by atoms with Gasteiger partial charge in [-0.25, -0.2) is 14.2 Å². The van der Waals surface area contributed by atoms with Crippen LogP contribution in [0, 0.1) is 17.1 Å². The fourth-order valence-corrected chi connectivity index (χ4v) is 2.25. The number of esters is 1. The molecule has 0 atom stereocenters. The smallest absolute Gasteiger partial charge is 0.358 e. The first-order valence-corrected chi connectivity index (χ1v) is 7.18. The standard InChI is InChI=1S/C15H12FN3O2S/c1-2-5-18-15-19-13(9-22-15)14(20)21-8-11-4-3-10(7-17)6-12(11)16/h2-4,6,9H,1,5,8H2,(H,18,19). The predicted molar refractivity (Wildman–Crippen MR) is 81.0 cm³/mol. The Balaban J connectivity index is 1.96. The van der Waals surface area contributed by atoms with Gasteiger partial charge in [0.05, 0.1) is 11.6 Å². The van der Waals surface area contributed by atoms with Gasteiger partial charge in [-0.2, -0.15) is 5.26 Å². The first-order valence-electron chi connectivity index (χ1n) is 6.30. The maximum Gasteiger partial charge on any atom is 0.358 e. The zero-order valence-corrected chi connectivity index (χ0v) is 12.3. The highest BCUT2D eigenvalue weighted by Gasteiger charge is 2.13. The third kappa shape index (κ3) is 3.90. The number of hydrogen-bond donors (Lipinski definition) is 1. The largest absolute Gasteiger partial charge is 0.456 e. The number of anilines is 1. The summed E-state index contributed by atoms with van der Waals surface area (Å²) in [5.74, 6) is -1.22. The molecule has 0 amide bonds. The average molecular weight is 317 g/mol. The third-order valence-electron chi connectivity index (χ3n) is 2.65. The monoisotopic (exact) mass is 317 g/mol. The molecule has 7 heteroatoms. The van der Waals surface area contributed by atoms with Crippen molar-refractivity contribution in [1.82, 2.24) is 4.98 Å². The van der Waals surface area contributed by atoms with Crippen LogP contribution in [0.3, 0.4) is 0 Å². The quantitative estimate of drug-likeness (QED) is 0.654. The molecule has 0 fully saturated rings. The molecule has 0 aliphatic rings. The molecular formula is C15H12FN3O2S.